The first-order valence-corrected chi connectivity index (χ1v) is 9.17. The number of hydrogen-bond donors (Lipinski definition) is 0. The monoisotopic (exact) mass is 418 g/mol. The third-order valence-corrected chi connectivity index (χ3v) is 4.41. The molecule has 0 heterocycles. The summed E-state index contributed by atoms with van der Waals surface area (Å²) in [5, 5.41) is 0. The summed E-state index contributed by atoms with van der Waals surface area (Å²) in [4.78, 5) is 24.6. The molecule has 0 atom stereocenters. The number of aryl methyl sites for hydroxylation is 1. The Labute approximate surface area is 175 Å². The van der Waals surface area contributed by atoms with Crippen LogP contribution in [0.15, 0.2) is 30.3 Å². The first-order chi connectivity index (χ1) is 14.5. The van der Waals surface area contributed by atoms with Crippen LogP contribution in [0.1, 0.15) is 22.3 Å². The van der Waals surface area contributed by atoms with Gasteiger partial charge in [0.1, 0.15) is 11.5 Å². The molecule has 0 aromatic heterocycles. The van der Waals surface area contributed by atoms with Crippen molar-refractivity contribution in [3.8, 4) is 28.7 Å². The fourth-order valence-electron chi connectivity index (χ4n) is 2.85. The number of rotatable bonds is 11. The van der Waals surface area contributed by atoms with Gasteiger partial charge in [-0.05, 0) is 42.3 Å². The molecule has 2 rings (SSSR count). The minimum atomic E-state index is -0.501. The zero-order chi connectivity index (χ0) is 22.1. The van der Waals surface area contributed by atoms with Gasteiger partial charge in [-0.1, -0.05) is 0 Å². The van der Waals surface area contributed by atoms with Crippen LogP contribution in [-0.2, 0) is 16.0 Å². The number of esters is 1. The van der Waals surface area contributed by atoms with Crippen molar-refractivity contribution in [2.75, 3.05) is 42.2 Å². The van der Waals surface area contributed by atoms with Gasteiger partial charge < -0.3 is 28.4 Å². The van der Waals surface area contributed by atoms with Gasteiger partial charge in [0.15, 0.2) is 18.1 Å². The third-order valence-electron chi connectivity index (χ3n) is 4.41. The minimum absolute atomic E-state index is 0.0845. The van der Waals surface area contributed by atoms with Crippen molar-refractivity contribution in [2.24, 2.45) is 0 Å². The van der Waals surface area contributed by atoms with E-state index in [0.717, 1.165) is 5.56 Å². The van der Waals surface area contributed by atoms with Gasteiger partial charge >= 0.3 is 5.97 Å². The highest BCUT2D eigenvalue weighted by Crippen LogP contribution is 2.38. The fraction of sp³-hybridized carbons (Fsp3) is 0.364. The van der Waals surface area contributed by atoms with E-state index in [1.807, 2.05) is 0 Å². The molecule has 0 N–H and O–H groups in total. The lowest BCUT2D eigenvalue weighted by Crippen LogP contribution is -2.15. The highest BCUT2D eigenvalue weighted by atomic mass is 16.5. The zero-order valence-electron chi connectivity index (χ0n) is 17.8. The molecule has 8 heteroatoms. The molecule has 0 unspecified atom stereocenters. The Bertz CT molecular complexity index is 866. The summed E-state index contributed by atoms with van der Waals surface area (Å²) in [6.07, 6.45) is 0.466. The van der Waals surface area contributed by atoms with Gasteiger partial charge in [0.25, 0.3) is 0 Å². The predicted molar refractivity (Wildman–Crippen MR) is 109 cm³/mol. The molecule has 0 bridgehead atoms. The topological polar surface area (TPSA) is 89.5 Å². The van der Waals surface area contributed by atoms with Crippen molar-refractivity contribution in [1.82, 2.24) is 0 Å². The average Bonchev–Trinajstić information content (AvgIpc) is 2.79. The quantitative estimate of drug-likeness (QED) is 0.406. The van der Waals surface area contributed by atoms with E-state index < -0.39 is 12.6 Å². The molecular formula is C22H26O8. The molecule has 2 aromatic rings. The lowest BCUT2D eigenvalue weighted by Gasteiger charge is -2.14. The van der Waals surface area contributed by atoms with Crippen LogP contribution >= 0.6 is 0 Å². The Morgan fingerprint density at radius 1 is 0.767 bits per heavy atom. The van der Waals surface area contributed by atoms with Crippen molar-refractivity contribution in [3.63, 3.8) is 0 Å². The van der Waals surface area contributed by atoms with Crippen LogP contribution in [0.3, 0.4) is 0 Å². The number of methoxy groups -OCH3 is 5. The second-order valence-electron chi connectivity index (χ2n) is 6.18. The molecule has 0 aliphatic carbocycles. The molecular weight excluding hydrogens is 392 g/mol. The Hall–Kier alpha value is -3.42. The van der Waals surface area contributed by atoms with E-state index in [2.05, 4.69) is 0 Å². The SMILES string of the molecule is COc1ccc(OC)c(C(=O)COC(=O)CCc2cc(OC)c(OC)c(OC)c2)c1. The first-order valence-electron chi connectivity index (χ1n) is 9.17. The maximum atomic E-state index is 12.4. The molecule has 0 fully saturated rings. The lowest BCUT2D eigenvalue weighted by molar-refractivity contribution is -0.142. The summed E-state index contributed by atoms with van der Waals surface area (Å²) in [5.41, 5.74) is 1.09. The van der Waals surface area contributed by atoms with Gasteiger partial charge in [-0.15, -0.1) is 0 Å². The second-order valence-corrected chi connectivity index (χ2v) is 6.18. The molecule has 0 amide bonds. The largest absolute Gasteiger partial charge is 0.497 e. The molecule has 0 saturated carbocycles. The van der Waals surface area contributed by atoms with Crippen molar-refractivity contribution in [1.29, 1.82) is 0 Å². The van der Waals surface area contributed by atoms with Crippen LogP contribution in [0.2, 0.25) is 0 Å². The van der Waals surface area contributed by atoms with Crippen LogP contribution in [0.25, 0.3) is 0 Å². The minimum Gasteiger partial charge on any atom is -0.497 e. The molecule has 162 valence electrons. The molecule has 0 radical (unpaired) electrons. The smallest absolute Gasteiger partial charge is 0.306 e. The van der Waals surface area contributed by atoms with Gasteiger partial charge in [0.05, 0.1) is 41.1 Å². The molecule has 0 aliphatic rings. The van der Waals surface area contributed by atoms with E-state index in [0.29, 0.717) is 35.2 Å². The van der Waals surface area contributed by atoms with Crippen LogP contribution in [0, 0.1) is 0 Å². The average molecular weight is 418 g/mol. The standard InChI is InChI=1S/C22H26O8/c1-25-15-7-8-18(26-2)16(12-15)17(23)13-30-21(24)9-6-14-10-19(27-3)22(29-5)20(11-14)28-4/h7-8,10-12H,6,9,13H2,1-5H3. The molecule has 2 aromatic carbocycles. The van der Waals surface area contributed by atoms with Crippen molar-refractivity contribution >= 4 is 11.8 Å². The van der Waals surface area contributed by atoms with Crippen molar-refractivity contribution in [3.05, 3.63) is 41.5 Å². The predicted octanol–water partition coefficient (Wildman–Crippen LogP) is 3.09. The van der Waals surface area contributed by atoms with Gasteiger partial charge in [0.2, 0.25) is 11.5 Å². The van der Waals surface area contributed by atoms with Crippen LogP contribution in [0.4, 0.5) is 0 Å². The Morgan fingerprint density at radius 3 is 1.93 bits per heavy atom. The van der Waals surface area contributed by atoms with Crippen LogP contribution < -0.4 is 23.7 Å². The first kappa shape index (κ1) is 22.9. The summed E-state index contributed by atoms with van der Waals surface area (Å²) < 4.78 is 31.4. The fourth-order valence-corrected chi connectivity index (χ4v) is 2.85. The van der Waals surface area contributed by atoms with E-state index in [1.54, 1.807) is 30.3 Å². The van der Waals surface area contributed by atoms with E-state index in [9.17, 15) is 9.59 Å². The Kier molecular flexibility index (Phi) is 8.34. The summed E-state index contributed by atoms with van der Waals surface area (Å²) in [6, 6.07) is 8.38. The highest BCUT2D eigenvalue weighted by molar-refractivity contribution is 6.00. The number of benzene rings is 2. The molecule has 8 nitrogen and oxygen atoms in total. The number of ketones is 1. The summed E-state index contributed by atoms with van der Waals surface area (Å²) in [6.45, 7) is -0.391. The second kappa shape index (κ2) is 10.9. The number of carbonyl (C=O) groups is 2. The van der Waals surface area contributed by atoms with Gasteiger partial charge in [-0.25, -0.2) is 0 Å². The Morgan fingerprint density at radius 2 is 1.40 bits per heavy atom. The summed E-state index contributed by atoms with van der Waals surface area (Å²) in [7, 11) is 7.52. The number of hydrogen-bond acceptors (Lipinski definition) is 8. The maximum absolute atomic E-state index is 12.4. The number of carbonyl (C=O) groups excluding carboxylic acids is 2. The van der Waals surface area contributed by atoms with E-state index >= 15 is 0 Å². The van der Waals surface area contributed by atoms with E-state index in [4.69, 9.17) is 28.4 Å². The number of ether oxygens (including phenoxy) is 6. The van der Waals surface area contributed by atoms with Gasteiger partial charge in [-0.2, -0.15) is 0 Å². The molecule has 0 saturated heterocycles. The van der Waals surface area contributed by atoms with Crippen LogP contribution in [-0.4, -0.2) is 53.9 Å². The zero-order valence-corrected chi connectivity index (χ0v) is 17.8. The maximum Gasteiger partial charge on any atom is 0.306 e. The Balaban J connectivity index is 1.98. The molecule has 0 aliphatic heterocycles. The molecule has 30 heavy (non-hydrogen) atoms. The van der Waals surface area contributed by atoms with Crippen LogP contribution in [0.5, 0.6) is 28.7 Å². The van der Waals surface area contributed by atoms with Gasteiger partial charge in [-0.3, -0.25) is 9.59 Å². The summed E-state index contributed by atoms with van der Waals surface area (Å²) >= 11 is 0. The van der Waals surface area contributed by atoms with Crippen molar-refractivity contribution < 1.29 is 38.0 Å². The van der Waals surface area contributed by atoms with E-state index in [1.165, 1.54) is 35.5 Å². The normalized spacial score (nSPS) is 10.2. The lowest BCUT2D eigenvalue weighted by atomic mass is 10.1. The number of Topliss-reactive ketones (excluding diaryl/α,β-unsaturated/α-hetero) is 1. The highest BCUT2D eigenvalue weighted by Gasteiger charge is 2.17. The van der Waals surface area contributed by atoms with Crippen molar-refractivity contribution in [2.45, 2.75) is 12.8 Å². The van der Waals surface area contributed by atoms with E-state index in [-0.39, 0.29) is 17.8 Å². The summed E-state index contributed by atoms with van der Waals surface area (Å²) in [5.74, 6) is 1.48. The molecule has 0 spiro atoms. The third kappa shape index (κ3) is 5.56. The van der Waals surface area contributed by atoms with Gasteiger partial charge in [0, 0.05) is 6.42 Å².